The summed E-state index contributed by atoms with van der Waals surface area (Å²) in [6.45, 7) is 3.62. The first-order valence-corrected chi connectivity index (χ1v) is 9.60. The van der Waals surface area contributed by atoms with Crippen LogP contribution in [0.4, 0.5) is 0 Å². The molecule has 27 heavy (non-hydrogen) atoms. The van der Waals surface area contributed by atoms with Gasteiger partial charge in [-0.3, -0.25) is 9.69 Å². The molecule has 1 N–H and O–H groups in total. The molecule has 0 saturated heterocycles. The summed E-state index contributed by atoms with van der Waals surface area (Å²) in [5.74, 6) is 0.872. The van der Waals surface area contributed by atoms with Crippen molar-refractivity contribution in [3.8, 4) is 5.75 Å². The predicted molar refractivity (Wildman–Crippen MR) is 110 cm³/mol. The number of fused-ring (bicyclic) bond motifs is 2. The quantitative estimate of drug-likeness (QED) is 0.842. The molecule has 4 rings (SSSR count). The van der Waals surface area contributed by atoms with Crippen LogP contribution in [-0.4, -0.2) is 68.9 Å². The van der Waals surface area contributed by atoms with E-state index in [1.54, 1.807) is 7.11 Å². The van der Waals surface area contributed by atoms with Crippen LogP contribution in [0.25, 0.3) is 16.5 Å². The van der Waals surface area contributed by atoms with E-state index in [-0.39, 0.29) is 17.9 Å². The number of carbonyl (C=O) groups is 1. The van der Waals surface area contributed by atoms with Crippen molar-refractivity contribution in [1.82, 2.24) is 14.8 Å². The van der Waals surface area contributed by atoms with Gasteiger partial charge in [-0.25, -0.2) is 0 Å². The summed E-state index contributed by atoms with van der Waals surface area (Å²) in [4.78, 5) is 20.4. The maximum atomic E-state index is 12.9. The Morgan fingerprint density at radius 2 is 2.22 bits per heavy atom. The first-order valence-electron chi connectivity index (χ1n) is 9.60. The number of amides is 1. The number of nitrogens with one attached hydrogen (secondary N) is 1. The van der Waals surface area contributed by atoms with Crippen molar-refractivity contribution in [2.24, 2.45) is 5.92 Å². The van der Waals surface area contributed by atoms with E-state index in [1.165, 1.54) is 5.57 Å². The number of aromatic amines is 1. The fraction of sp³-hybridized carbons (Fsp3) is 0.476. The Hall–Kier alpha value is -2.21. The van der Waals surface area contributed by atoms with E-state index in [0.29, 0.717) is 5.59 Å². The van der Waals surface area contributed by atoms with E-state index < -0.39 is 0 Å². The van der Waals surface area contributed by atoms with Gasteiger partial charge in [0.2, 0.25) is 5.91 Å². The van der Waals surface area contributed by atoms with Crippen molar-refractivity contribution in [3.63, 3.8) is 0 Å². The van der Waals surface area contributed by atoms with E-state index >= 15 is 0 Å². The van der Waals surface area contributed by atoms with Gasteiger partial charge in [-0.15, -0.1) is 0 Å². The van der Waals surface area contributed by atoms with Crippen LogP contribution in [0, 0.1) is 5.92 Å². The lowest BCUT2D eigenvalue weighted by molar-refractivity contribution is -0.133. The fourth-order valence-corrected chi connectivity index (χ4v) is 4.65. The summed E-state index contributed by atoms with van der Waals surface area (Å²) in [6.07, 6.45) is 4.00. The smallest absolute Gasteiger partial charge is 0.230 e. The first-order chi connectivity index (χ1) is 13.0. The SMILES string of the molecule is [B]c1[nH]c2c(OC)ccc3c2c1CC1C3=CC(C(=O)N(C)CCC)CN1C. The number of rotatable bonds is 4. The molecule has 1 aromatic heterocycles. The van der Waals surface area contributed by atoms with Crippen LogP contribution in [0.15, 0.2) is 18.2 Å². The third-order valence-corrected chi connectivity index (χ3v) is 5.99. The predicted octanol–water partition coefficient (Wildman–Crippen LogP) is 1.71. The van der Waals surface area contributed by atoms with Crippen LogP contribution in [0.1, 0.15) is 24.5 Å². The monoisotopic (exact) mass is 363 g/mol. The minimum atomic E-state index is -0.118. The second-order valence-corrected chi connectivity index (χ2v) is 7.73. The Labute approximate surface area is 161 Å². The van der Waals surface area contributed by atoms with Crippen LogP contribution in [0.2, 0.25) is 0 Å². The van der Waals surface area contributed by atoms with E-state index in [4.69, 9.17) is 12.6 Å². The van der Waals surface area contributed by atoms with Crippen LogP contribution < -0.4 is 10.3 Å². The topological polar surface area (TPSA) is 48.6 Å². The lowest BCUT2D eigenvalue weighted by Crippen LogP contribution is -2.47. The second-order valence-electron chi connectivity index (χ2n) is 7.73. The number of benzene rings is 1. The fourth-order valence-electron chi connectivity index (χ4n) is 4.65. The molecule has 6 heteroatoms. The third kappa shape index (κ3) is 2.78. The normalized spacial score (nSPS) is 21.7. The molecule has 0 fully saturated rings. The molecule has 5 nitrogen and oxygen atoms in total. The average Bonchev–Trinajstić information content (AvgIpc) is 2.99. The summed E-state index contributed by atoms with van der Waals surface area (Å²) in [5, 5.41) is 1.14. The number of methoxy groups -OCH3 is 1. The van der Waals surface area contributed by atoms with E-state index in [0.717, 1.165) is 53.7 Å². The Balaban J connectivity index is 1.83. The van der Waals surface area contributed by atoms with Gasteiger partial charge in [0, 0.05) is 31.6 Å². The van der Waals surface area contributed by atoms with Crippen LogP contribution in [0.3, 0.4) is 0 Å². The van der Waals surface area contributed by atoms with Crippen molar-refractivity contribution < 1.29 is 9.53 Å². The molecule has 2 aromatic rings. The lowest BCUT2D eigenvalue weighted by Gasteiger charge is -2.40. The highest BCUT2D eigenvalue weighted by atomic mass is 16.5. The van der Waals surface area contributed by atoms with Gasteiger partial charge in [0.05, 0.1) is 18.5 Å². The van der Waals surface area contributed by atoms with E-state index in [2.05, 4.69) is 36.0 Å². The average molecular weight is 363 g/mol. The van der Waals surface area contributed by atoms with Gasteiger partial charge in [-0.2, -0.15) is 0 Å². The zero-order chi connectivity index (χ0) is 19.3. The number of likely N-dealkylation sites (N-methyl/N-ethyl adjacent to an activating group) is 1. The summed E-state index contributed by atoms with van der Waals surface area (Å²) in [5.41, 5.74) is 5.20. The molecule has 2 aliphatic rings. The van der Waals surface area contributed by atoms with Crippen LogP contribution in [0.5, 0.6) is 5.75 Å². The van der Waals surface area contributed by atoms with Crippen molar-refractivity contribution in [2.75, 3.05) is 34.3 Å². The molecule has 1 aromatic carbocycles. The number of hydrogen-bond acceptors (Lipinski definition) is 3. The zero-order valence-electron chi connectivity index (χ0n) is 16.5. The molecule has 1 amide bonds. The Kier molecular flexibility index (Phi) is 4.54. The van der Waals surface area contributed by atoms with Crippen molar-refractivity contribution in [1.29, 1.82) is 0 Å². The van der Waals surface area contributed by atoms with Crippen LogP contribution >= 0.6 is 0 Å². The van der Waals surface area contributed by atoms with Crippen molar-refractivity contribution in [2.45, 2.75) is 25.8 Å². The largest absolute Gasteiger partial charge is 0.495 e. The maximum absolute atomic E-state index is 12.9. The number of carbonyl (C=O) groups excluding carboxylic acids is 1. The van der Waals surface area contributed by atoms with Crippen molar-refractivity contribution >= 4 is 35.8 Å². The molecule has 140 valence electrons. The minimum Gasteiger partial charge on any atom is -0.495 e. The summed E-state index contributed by atoms with van der Waals surface area (Å²) < 4.78 is 5.52. The highest BCUT2D eigenvalue weighted by Gasteiger charge is 2.37. The maximum Gasteiger partial charge on any atom is 0.230 e. The van der Waals surface area contributed by atoms with Crippen LogP contribution in [-0.2, 0) is 11.2 Å². The molecule has 1 aliphatic heterocycles. The van der Waals surface area contributed by atoms with Gasteiger partial charge in [0.25, 0.3) is 0 Å². The van der Waals surface area contributed by atoms with Crippen molar-refractivity contribution in [3.05, 3.63) is 29.3 Å². The zero-order valence-corrected chi connectivity index (χ0v) is 16.5. The van der Waals surface area contributed by atoms with Gasteiger partial charge in [-0.05, 0) is 48.2 Å². The molecule has 1 aliphatic carbocycles. The summed E-state index contributed by atoms with van der Waals surface area (Å²) in [6, 6.07) is 4.33. The number of hydrogen-bond donors (Lipinski definition) is 1. The third-order valence-electron chi connectivity index (χ3n) is 5.99. The minimum absolute atomic E-state index is 0.118. The number of H-pyrrole nitrogens is 1. The standard InChI is InChI=1S/C21H26BN3O2/c1-5-8-24(2)21(26)12-9-14-13-6-7-17(27-4)19-18(13)15(20(22)23-19)10-16(14)25(3)11-12/h6-7,9,12,16,23H,5,8,10-11H2,1-4H3. The van der Waals surface area contributed by atoms with Gasteiger partial charge in [-0.1, -0.05) is 19.1 Å². The summed E-state index contributed by atoms with van der Waals surface area (Å²) >= 11 is 0. The molecular formula is C21H26BN3O2. The Morgan fingerprint density at radius 3 is 2.93 bits per heavy atom. The van der Waals surface area contributed by atoms with Gasteiger partial charge < -0.3 is 14.6 Å². The van der Waals surface area contributed by atoms with Gasteiger partial charge in [0.1, 0.15) is 13.6 Å². The molecule has 0 bridgehead atoms. The first kappa shape index (κ1) is 18.2. The Bertz CT molecular complexity index is 933. The lowest BCUT2D eigenvalue weighted by atomic mass is 9.77. The second kappa shape index (κ2) is 6.75. The van der Waals surface area contributed by atoms with E-state index in [1.807, 2.05) is 18.0 Å². The summed E-state index contributed by atoms with van der Waals surface area (Å²) in [7, 11) is 12.0. The molecule has 2 heterocycles. The Morgan fingerprint density at radius 1 is 1.44 bits per heavy atom. The highest BCUT2D eigenvalue weighted by molar-refractivity contribution is 6.34. The highest BCUT2D eigenvalue weighted by Crippen LogP contribution is 2.42. The molecule has 0 spiro atoms. The molecule has 0 saturated carbocycles. The van der Waals surface area contributed by atoms with Gasteiger partial charge in [0.15, 0.2) is 0 Å². The molecule has 2 atom stereocenters. The number of aromatic nitrogens is 1. The number of nitrogens with zero attached hydrogens (tertiary/aromatic N) is 2. The number of ether oxygens (including phenoxy) is 1. The van der Waals surface area contributed by atoms with E-state index in [9.17, 15) is 4.79 Å². The molecular weight excluding hydrogens is 337 g/mol. The van der Waals surface area contributed by atoms with Gasteiger partial charge >= 0.3 is 0 Å². The molecule has 2 unspecified atom stereocenters. The molecule has 2 radical (unpaired) electrons.